The number of halogens is 1. The summed E-state index contributed by atoms with van der Waals surface area (Å²) >= 11 is 0. The van der Waals surface area contributed by atoms with E-state index in [1.165, 1.54) is 18.2 Å². The first-order valence-electron chi connectivity index (χ1n) is 5.81. The summed E-state index contributed by atoms with van der Waals surface area (Å²) in [5.74, 6) is -0.647. The number of primary amides is 1. The number of carbonyl (C=O) groups excluding carboxylic acids is 1. The molecule has 0 aliphatic carbocycles. The van der Waals surface area contributed by atoms with E-state index < -0.39 is 0 Å². The van der Waals surface area contributed by atoms with Gasteiger partial charge in [-0.15, -0.1) is 0 Å². The molecule has 0 unspecified atom stereocenters. The number of unbranched alkanes of at least 4 members (excludes halogenated alkanes) is 1. The Balaban J connectivity index is 2.33. The smallest absolute Gasteiger partial charge is 0.217 e. The predicted molar refractivity (Wildman–Crippen MR) is 65.9 cm³/mol. The lowest BCUT2D eigenvalue weighted by atomic mass is 10.1. The third-order valence-electron chi connectivity index (χ3n) is 2.53. The Morgan fingerprint density at radius 3 is 2.89 bits per heavy atom. The van der Waals surface area contributed by atoms with Gasteiger partial charge in [-0.05, 0) is 43.1 Å². The second-order valence-electron chi connectivity index (χ2n) is 4.01. The van der Waals surface area contributed by atoms with Crippen LogP contribution in [-0.2, 0) is 11.3 Å². The molecule has 96 valence electrons. The van der Waals surface area contributed by atoms with Crippen molar-refractivity contribution < 1.29 is 9.18 Å². The third kappa shape index (κ3) is 4.93. The Hall–Kier alpha value is -1.93. The van der Waals surface area contributed by atoms with Crippen LogP contribution in [0.4, 0.5) is 4.39 Å². The van der Waals surface area contributed by atoms with Gasteiger partial charge in [-0.25, -0.2) is 4.39 Å². The zero-order valence-corrected chi connectivity index (χ0v) is 10.1. The van der Waals surface area contributed by atoms with Crippen molar-refractivity contribution in [3.63, 3.8) is 0 Å². The highest BCUT2D eigenvalue weighted by Crippen LogP contribution is 2.10. The fourth-order valence-electron chi connectivity index (χ4n) is 1.59. The highest BCUT2D eigenvalue weighted by Gasteiger charge is 2.03. The molecule has 1 aromatic carbocycles. The van der Waals surface area contributed by atoms with Gasteiger partial charge in [0.1, 0.15) is 5.82 Å². The Kier molecular flexibility index (Phi) is 5.81. The van der Waals surface area contributed by atoms with E-state index in [9.17, 15) is 9.18 Å². The molecule has 5 heteroatoms. The number of rotatable bonds is 7. The highest BCUT2D eigenvalue weighted by molar-refractivity contribution is 5.73. The maximum Gasteiger partial charge on any atom is 0.217 e. The monoisotopic (exact) mass is 249 g/mol. The molecule has 4 nitrogen and oxygen atoms in total. The number of amides is 1. The molecular formula is C13H16FN3O. The number of nitrogens with zero attached hydrogens (tertiary/aromatic N) is 1. The van der Waals surface area contributed by atoms with E-state index in [4.69, 9.17) is 11.0 Å². The second kappa shape index (κ2) is 7.41. The van der Waals surface area contributed by atoms with Crippen LogP contribution in [0, 0.1) is 17.1 Å². The topological polar surface area (TPSA) is 78.9 Å². The van der Waals surface area contributed by atoms with Gasteiger partial charge in [0.25, 0.3) is 0 Å². The maximum atomic E-state index is 13.0. The average molecular weight is 249 g/mol. The van der Waals surface area contributed by atoms with Gasteiger partial charge in [0.2, 0.25) is 5.91 Å². The van der Waals surface area contributed by atoms with E-state index in [1.54, 1.807) is 0 Å². The van der Waals surface area contributed by atoms with Gasteiger partial charge < -0.3 is 11.1 Å². The Labute approximate surface area is 106 Å². The number of nitriles is 1. The van der Waals surface area contributed by atoms with Gasteiger partial charge in [-0.3, -0.25) is 4.79 Å². The molecule has 0 aromatic heterocycles. The summed E-state index contributed by atoms with van der Waals surface area (Å²) in [7, 11) is 0. The molecule has 1 aromatic rings. The maximum absolute atomic E-state index is 13.0. The molecule has 0 atom stereocenters. The standard InChI is InChI=1S/C13H16FN3O/c14-12-5-4-10(8-15)11(7-12)9-17-6-2-1-3-13(16)18/h4-5,7,17H,1-3,6,9H2,(H2,16,18). The number of nitrogens with one attached hydrogen (secondary N) is 1. The minimum atomic E-state index is -0.348. The molecule has 1 rings (SSSR count). The van der Waals surface area contributed by atoms with Crippen LogP contribution in [0.1, 0.15) is 30.4 Å². The van der Waals surface area contributed by atoms with Gasteiger partial charge in [0.05, 0.1) is 11.6 Å². The van der Waals surface area contributed by atoms with E-state index in [-0.39, 0.29) is 11.7 Å². The molecule has 1 amide bonds. The first kappa shape index (κ1) is 14.1. The lowest BCUT2D eigenvalue weighted by Crippen LogP contribution is -2.17. The first-order chi connectivity index (χ1) is 8.63. The molecule has 0 saturated heterocycles. The van der Waals surface area contributed by atoms with Gasteiger partial charge in [0, 0.05) is 13.0 Å². The number of hydrogen-bond acceptors (Lipinski definition) is 3. The molecule has 0 aliphatic rings. The summed E-state index contributed by atoms with van der Waals surface area (Å²) in [6.07, 6.45) is 1.93. The molecule has 0 radical (unpaired) electrons. The van der Waals surface area contributed by atoms with Crippen LogP contribution in [0.15, 0.2) is 18.2 Å². The van der Waals surface area contributed by atoms with E-state index in [1.807, 2.05) is 6.07 Å². The second-order valence-corrected chi connectivity index (χ2v) is 4.01. The average Bonchev–Trinajstić information content (AvgIpc) is 2.33. The van der Waals surface area contributed by atoms with Crippen molar-refractivity contribution >= 4 is 5.91 Å². The number of hydrogen-bond donors (Lipinski definition) is 2. The van der Waals surface area contributed by atoms with Crippen LogP contribution in [0.3, 0.4) is 0 Å². The van der Waals surface area contributed by atoms with E-state index in [2.05, 4.69) is 5.32 Å². The fourth-order valence-corrected chi connectivity index (χ4v) is 1.59. The molecule has 0 aliphatic heterocycles. The largest absolute Gasteiger partial charge is 0.370 e. The van der Waals surface area contributed by atoms with Crippen molar-refractivity contribution in [1.29, 1.82) is 5.26 Å². The van der Waals surface area contributed by atoms with E-state index in [0.717, 1.165) is 12.8 Å². The quantitative estimate of drug-likeness (QED) is 0.718. The van der Waals surface area contributed by atoms with Crippen LogP contribution in [0.5, 0.6) is 0 Å². The van der Waals surface area contributed by atoms with Gasteiger partial charge in [-0.2, -0.15) is 5.26 Å². The molecule has 0 heterocycles. The summed E-state index contributed by atoms with van der Waals surface area (Å²) < 4.78 is 13.0. The van der Waals surface area contributed by atoms with Crippen LogP contribution in [0.25, 0.3) is 0 Å². The fraction of sp³-hybridized carbons (Fsp3) is 0.385. The van der Waals surface area contributed by atoms with Crippen LogP contribution < -0.4 is 11.1 Å². The summed E-state index contributed by atoms with van der Waals surface area (Å²) in [6.45, 7) is 1.14. The minimum absolute atomic E-state index is 0.299. The van der Waals surface area contributed by atoms with E-state index in [0.29, 0.717) is 30.6 Å². The number of nitrogens with two attached hydrogens (primary N) is 1. The van der Waals surface area contributed by atoms with Crippen LogP contribution >= 0.6 is 0 Å². The van der Waals surface area contributed by atoms with Gasteiger partial charge in [-0.1, -0.05) is 0 Å². The van der Waals surface area contributed by atoms with Crippen molar-refractivity contribution in [1.82, 2.24) is 5.32 Å². The van der Waals surface area contributed by atoms with Crippen molar-refractivity contribution in [2.45, 2.75) is 25.8 Å². The SMILES string of the molecule is N#Cc1ccc(F)cc1CNCCCCC(N)=O. The lowest BCUT2D eigenvalue weighted by molar-refractivity contribution is -0.118. The van der Waals surface area contributed by atoms with Gasteiger partial charge >= 0.3 is 0 Å². The van der Waals surface area contributed by atoms with Crippen molar-refractivity contribution in [2.24, 2.45) is 5.73 Å². The highest BCUT2D eigenvalue weighted by atomic mass is 19.1. The zero-order chi connectivity index (χ0) is 13.4. The predicted octanol–water partition coefficient (Wildman–Crippen LogP) is 1.44. The normalized spacial score (nSPS) is 10.0. The molecule has 0 spiro atoms. The van der Waals surface area contributed by atoms with E-state index >= 15 is 0 Å². The summed E-state index contributed by atoms with van der Waals surface area (Å²) in [6, 6.07) is 6.12. The van der Waals surface area contributed by atoms with Crippen molar-refractivity contribution in [3.05, 3.63) is 35.1 Å². The molecule has 0 saturated carbocycles. The summed E-state index contributed by atoms with van der Waals surface area (Å²) in [4.78, 5) is 10.5. The molecule has 0 bridgehead atoms. The summed E-state index contributed by atoms with van der Waals surface area (Å²) in [5, 5.41) is 12.0. The zero-order valence-electron chi connectivity index (χ0n) is 10.1. The van der Waals surface area contributed by atoms with Crippen molar-refractivity contribution in [2.75, 3.05) is 6.54 Å². The Bertz CT molecular complexity index is 454. The van der Waals surface area contributed by atoms with Crippen LogP contribution in [-0.4, -0.2) is 12.5 Å². The molecule has 0 fully saturated rings. The summed E-state index contributed by atoms with van der Waals surface area (Å²) in [5.41, 5.74) is 6.13. The first-order valence-corrected chi connectivity index (χ1v) is 5.81. The number of carbonyl (C=O) groups is 1. The minimum Gasteiger partial charge on any atom is -0.370 e. The Morgan fingerprint density at radius 2 is 2.22 bits per heavy atom. The molecule has 18 heavy (non-hydrogen) atoms. The van der Waals surface area contributed by atoms with Crippen molar-refractivity contribution in [3.8, 4) is 6.07 Å². The number of benzene rings is 1. The van der Waals surface area contributed by atoms with Crippen LogP contribution in [0.2, 0.25) is 0 Å². The van der Waals surface area contributed by atoms with Gasteiger partial charge in [0.15, 0.2) is 0 Å². The lowest BCUT2D eigenvalue weighted by Gasteiger charge is -2.06. The third-order valence-corrected chi connectivity index (χ3v) is 2.53. The Morgan fingerprint density at radius 1 is 1.44 bits per heavy atom. The molecule has 3 N–H and O–H groups in total. The molecular weight excluding hydrogens is 233 g/mol.